The smallest absolute Gasteiger partial charge is 0.245 e. The Morgan fingerprint density at radius 2 is 2.23 bits per heavy atom. The number of hydrogen-bond donors (Lipinski definition) is 0. The van der Waals surface area contributed by atoms with Crippen molar-refractivity contribution in [3.8, 4) is 0 Å². The van der Waals surface area contributed by atoms with Crippen LogP contribution in [0.15, 0.2) is 35.7 Å². The molecule has 0 aromatic carbocycles. The van der Waals surface area contributed by atoms with E-state index in [1.165, 1.54) is 6.20 Å². The lowest BCUT2D eigenvalue weighted by Crippen LogP contribution is -2.39. The highest BCUT2D eigenvalue weighted by atomic mass is 32.2. The third-order valence-corrected chi connectivity index (χ3v) is 5.87. The van der Waals surface area contributed by atoms with Crippen LogP contribution in [0.2, 0.25) is 0 Å². The minimum Gasteiger partial charge on any atom is -0.317 e. The van der Waals surface area contributed by atoms with E-state index >= 15 is 0 Å². The summed E-state index contributed by atoms with van der Waals surface area (Å²) in [4.78, 5) is 4.15. The molecule has 2 aromatic rings. The van der Waals surface area contributed by atoms with Gasteiger partial charge in [-0.3, -0.25) is 4.98 Å². The largest absolute Gasteiger partial charge is 0.317 e. The van der Waals surface area contributed by atoms with Crippen molar-refractivity contribution in [3.63, 3.8) is 0 Å². The lowest BCUT2D eigenvalue weighted by molar-refractivity contribution is 0.241. The van der Waals surface area contributed by atoms with Crippen molar-refractivity contribution in [3.05, 3.63) is 36.7 Å². The topological polar surface area (TPSA) is 81.0 Å². The van der Waals surface area contributed by atoms with Crippen molar-refractivity contribution >= 4 is 10.0 Å². The van der Waals surface area contributed by atoms with Gasteiger partial charge in [-0.15, -0.1) is 10.2 Å². The van der Waals surface area contributed by atoms with Gasteiger partial charge < -0.3 is 4.57 Å². The molecular weight excluding hydrogens is 302 g/mol. The van der Waals surface area contributed by atoms with Gasteiger partial charge in [0.25, 0.3) is 0 Å². The molecule has 0 saturated carbocycles. The van der Waals surface area contributed by atoms with Crippen LogP contribution in [0.5, 0.6) is 0 Å². The Morgan fingerprint density at radius 1 is 1.36 bits per heavy atom. The van der Waals surface area contributed by atoms with Crippen LogP contribution in [-0.4, -0.2) is 39.0 Å². The minimum absolute atomic E-state index is 0.226. The van der Waals surface area contributed by atoms with Gasteiger partial charge in [-0.05, 0) is 31.9 Å². The van der Waals surface area contributed by atoms with Crippen LogP contribution in [0.3, 0.4) is 0 Å². The molecule has 0 radical (unpaired) electrons. The molecule has 0 N–H and O–H groups in total. The summed E-state index contributed by atoms with van der Waals surface area (Å²) in [6.45, 7) is 3.22. The summed E-state index contributed by atoms with van der Waals surface area (Å²) < 4.78 is 29.3. The van der Waals surface area contributed by atoms with Crippen LogP contribution >= 0.6 is 0 Å². The van der Waals surface area contributed by atoms with E-state index in [-0.39, 0.29) is 10.9 Å². The van der Waals surface area contributed by atoms with Gasteiger partial charge in [0, 0.05) is 25.5 Å². The second-order valence-corrected chi connectivity index (χ2v) is 7.18. The molecular formula is C14H19N5O2S. The average molecular weight is 321 g/mol. The fourth-order valence-corrected chi connectivity index (χ4v) is 4.47. The maximum absolute atomic E-state index is 12.9. The predicted molar refractivity (Wildman–Crippen MR) is 80.4 cm³/mol. The van der Waals surface area contributed by atoms with Crippen molar-refractivity contribution in [2.75, 3.05) is 6.54 Å². The van der Waals surface area contributed by atoms with Gasteiger partial charge >= 0.3 is 0 Å². The lowest BCUT2D eigenvalue weighted by atomic mass is 10.0. The number of sulfonamides is 1. The number of aromatic nitrogens is 4. The first-order valence-corrected chi connectivity index (χ1v) is 8.88. The number of piperidine rings is 1. The van der Waals surface area contributed by atoms with E-state index in [4.69, 9.17) is 0 Å². The Balaban J connectivity index is 2.00. The number of nitrogens with zero attached hydrogens (tertiary/aromatic N) is 5. The van der Waals surface area contributed by atoms with Crippen LogP contribution in [0.25, 0.3) is 0 Å². The second kappa shape index (κ2) is 6.13. The van der Waals surface area contributed by atoms with Gasteiger partial charge in [-0.25, -0.2) is 8.42 Å². The molecule has 22 heavy (non-hydrogen) atoms. The summed E-state index contributed by atoms with van der Waals surface area (Å²) in [6, 6.07) is 2.96. The highest BCUT2D eigenvalue weighted by Gasteiger charge is 2.36. The van der Waals surface area contributed by atoms with E-state index in [1.54, 1.807) is 29.0 Å². The number of pyridine rings is 1. The molecule has 2 aromatic heterocycles. The Kier molecular flexibility index (Phi) is 4.21. The van der Waals surface area contributed by atoms with E-state index in [0.717, 1.165) is 31.6 Å². The SMILES string of the molecule is CCn1cnnc1C1CCCCN1S(=O)(=O)c1cccnc1. The van der Waals surface area contributed by atoms with Crippen LogP contribution in [0.4, 0.5) is 0 Å². The summed E-state index contributed by atoms with van der Waals surface area (Å²) in [6.07, 6.45) is 7.22. The molecule has 1 fully saturated rings. The summed E-state index contributed by atoms with van der Waals surface area (Å²) in [5.74, 6) is 0.717. The van der Waals surface area contributed by atoms with E-state index in [1.807, 2.05) is 11.5 Å². The summed E-state index contributed by atoms with van der Waals surface area (Å²) in [5, 5.41) is 8.10. The predicted octanol–water partition coefficient (Wildman–Crippen LogP) is 1.61. The Morgan fingerprint density at radius 3 is 2.95 bits per heavy atom. The molecule has 118 valence electrons. The standard InChI is InChI=1S/C14H19N5O2S/c1-2-18-11-16-17-14(18)13-7-3-4-9-19(13)22(20,21)12-6-5-8-15-10-12/h5-6,8,10-11,13H,2-4,7,9H2,1H3. The van der Waals surface area contributed by atoms with Crippen molar-refractivity contribution in [1.82, 2.24) is 24.1 Å². The zero-order valence-electron chi connectivity index (χ0n) is 12.5. The van der Waals surface area contributed by atoms with Gasteiger partial charge in [-0.2, -0.15) is 4.31 Å². The molecule has 1 unspecified atom stereocenters. The molecule has 1 aliphatic rings. The Bertz CT molecular complexity index is 729. The molecule has 0 aliphatic carbocycles. The maximum Gasteiger partial charge on any atom is 0.245 e. The number of hydrogen-bond acceptors (Lipinski definition) is 5. The highest BCUT2D eigenvalue weighted by molar-refractivity contribution is 7.89. The molecule has 1 atom stereocenters. The molecule has 1 aliphatic heterocycles. The fraction of sp³-hybridized carbons (Fsp3) is 0.500. The minimum atomic E-state index is -3.57. The van der Waals surface area contributed by atoms with Gasteiger partial charge in [0.15, 0.2) is 5.82 Å². The second-order valence-electron chi connectivity index (χ2n) is 5.29. The zero-order valence-corrected chi connectivity index (χ0v) is 13.3. The highest BCUT2D eigenvalue weighted by Crippen LogP contribution is 2.34. The molecule has 8 heteroatoms. The van der Waals surface area contributed by atoms with Crippen LogP contribution in [-0.2, 0) is 16.6 Å². The Labute approximate surface area is 130 Å². The summed E-state index contributed by atoms with van der Waals surface area (Å²) in [5.41, 5.74) is 0. The van der Waals surface area contributed by atoms with E-state index in [0.29, 0.717) is 6.54 Å². The first-order chi connectivity index (χ1) is 10.6. The van der Waals surface area contributed by atoms with Crippen molar-refractivity contribution in [2.24, 2.45) is 0 Å². The van der Waals surface area contributed by atoms with Gasteiger partial charge in [0.05, 0.1) is 6.04 Å². The molecule has 0 spiro atoms. The van der Waals surface area contributed by atoms with E-state index < -0.39 is 10.0 Å². The third kappa shape index (κ3) is 2.64. The Hall–Kier alpha value is -1.80. The lowest BCUT2D eigenvalue weighted by Gasteiger charge is -2.33. The van der Waals surface area contributed by atoms with Gasteiger partial charge in [0.1, 0.15) is 11.2 Å². The van der Waals surface area contributed by atoms with E-state index in [2.05, 4.69) is 15.2 Å². The monoisotopic (exact) mass is 321 g/mol. The zero-order chi connectivity index (χ0) is 15.6. The van der Waals surface area contributed by atoms with Crippen molar-refractivity contribution in [2.45, 2.75) is 43.7 Å². The van der Waals surface area contributed by atoms with E-state index in [9.17, 15) is 8.42 Å². The molecule has 0 bridgehead atoms. The van der Waals surface area contributed by atoms with Gasteiger partial charge in [-0.1, -0.05) is 6.42 Å². The average Bonchev–Trinajstić information content (AvgIpc) is 3.04. The van der Waals surface area contributed by atoms with Crippen molar-refractivity contribution in [1.29, 1.82) is 0 Å². The first-order valence-electron chi connectivity index (χ1n) is 7.44. The molecule has 3 rings (SSSR count). The van der Waals surface area contributed by atoms with Crippen LogP contribution in [0, 0.1) is 0 Å². The number of aryl methyl sites for hydroxylation is 1. The van der Waals surface area contributed by atoms with Crippen molar-refractivity contribution < 1.29 is 8.42 Å². The molecule has 3 heterocycles. The quantitative estimate of drug-likeness (QED) is 0.854. The number of rotatable bonds is 4. The fourth-order valence-electron chi connectivity index (χ4n) is 2.85. The first kappa shape index (κ1) is 15.1. The summed E-state index contributed by atoms with van der Waals surface area (Å²) in [7, 11) is -3.57. The maximum atomic E-state index is 12.9. The van der Waals surface area contributed by atoms with Crippen LogP contribution in [0.1, 0.15) is 38.1 Å². The van der Waals surface area contributed by atoms with Crippen LogP contribution < -0.4 is 0 Å². The normalized spacial score (nSPS) is 20.1. The van der Waals surface area contributed by atoms with Gasteiger partial charge in [0.2, 0.25) is 10.0 Å². The third-order valence-electron chi connectivity index (χ3n) is 3.98. The summed E-state index contributed by atoms with van der Waals surface area (Å²) >= 11 is 0. The molecule has 0 amide bonds. The molecule has 7 nitrogen and oxygen atoms in total. The molecule has 1 saturated heterocycles.